The Morgan fingerprint density at radius 1 is 1.11 bits per heavy atom. The first-order valence-corrected chi connectivity index (χ1v) is 9.60. The van der Waals surface area contributed by atoms with Gasteiger partial charge in [-0.3, -0.25) is 9.79 Å². The van der Waals surface area contributed by atoms with Crippen LogP contribution < -0.4 is 10.6 Å². The van der Waals surface area contributed by atoms with Crippen LogP contribution in [-0.2, 0) is 19.5 Å². The maximum atomic E-state index is 12.2. The molecule has 1 amide bonds. The lowest BCUT2D eigenvalue weighted by Gasteiger charge is -2.31. The molecular weight excluding hydrogens is 463 g/mol. The average Bonchev–Trinajstić information content (AvgIpc) is 2.72. The van der Waals surface area contributed by atoms with Gasteiger partial charge in [-0.1, -0.05) is 43.3 Å². The molecule has 1 aliphatic heterocycles. The summed E-state index contributed by atoms with van der Waals surface area (Å²) in [4.78, 5) is 18.9. The van der Waals surface area contributed by atoms with E-state index in [1.165, 1.54) is 11.1 Å². The predicted molar refractivity (Wildman–Crippen MR) is 125 cm³/mol. The first-order valence-electron chi connectivity index (χ1n) is 9.60. The Labute approximate surface area is 184 Å². The summed E-state index contributed by atoms with van der Waals surface area (Å²) in [5.74, 6) is 0.876. The van der Waals surface area contributed by atoms with Crippen LogP contribution in [-0.4, -0.2) is 36.9 Å². The van der Waals surface area contributed by atoms with Crippen LogP contribution in [0.3, 0.4) is 0 Å². The van der Waals surface area contributed by atoms with Crippen molar-refractivity contribution in [2.45, 2.75) is 32.9 Å². The summed E-state index contributed by atoms with van der Waals surface area (Å²) in [6, 6.07) is 16.3. The number of amides is 1. The monoisotopic (exact) mass is 492 g/mol. The van der Waals surface area contributed by atoms with Crippen molar-refractivity contribution in [3.8, 4) is 0 Å². The molecule has 3 rings (SSSR count). The van der Waals surface area contributed by atoms with E-state index in [1.54, 1.807) is 0 Å². The van der Waals surface area contributed by atoms with Gasteiger partial charge in [-0.25, -0.2) is 0 Å². The highest BCUT2D eigenvalue weighted by Gasteiger charge is 2.18. The molecular formula is C22H29IN4O. The number of nitrogens with one attached hydrogen (secondary N) is 2. The van der Waals surface area contributed by atoms with Crippen LogP contribution in [0.4, 0.5) is 0 Å². The normalized spacial score (nSPS) is 13.4. The SMILES string of the molecule is CCCNC(=O)c1cccc(CNC(=NC)N2CCc3ccccc3C2)c1.I. The fraction of sp³-hybridized carbons (Fsp3) is 0.364. The Kier molecular flexibility index (Phi) is 8.76. The summed E-state index contributed by atoms with van der Waals surface area (Å²) in [5, 5.41) is 6.36. The van der Waals surface area contributed by atoms with Crippen molar-refractivity contribution >= 4 is 35.8 Å². The molecule has 0 aromatic heterocycles. The molecule has 2 aromatic carbocycles. The van der Waals surface area contributed by atoms with Gasteiger partial charge in [0, 0.05) is 38.8 Å². The molecule has 0 fully saturated rings. The summed E-state index contributed by atoms with van der Waals surface area (Å²) < 4.78 is 0. The largest absolute Gasteiger partial charge is 0.352 e. The molecule has 0 saturated carbocycles. The zero-order chi connectivity index (χ0) is 19.1. The van der Waals surface area contributed by atoms with E-state index >= 15 is 0 Å². The standard InChI is InChI=1S/C22H28N4O.HI/c1-3-12-24-21(27)19-10-6-7-17(14-19)15-25-22(23-2)26-13-11-18-8-4-5-9-20(18)16-26;/h4-10,14H,3,11-13,15-16H2,1-2H3,(H,23,25)(H,24,27);1H. The topological polar surface area (TPSA) is 56.7 Å². The Balaban J connectivity index is 0.00000280. The third kappa shape index (κ3) is 5.70. The number of carbonyl (C=O) groups is 1. The minimum Gasteiger partial charge on any atom is -0.352 e. The van der Waals surface area contributed by atoms with Gasteiger partial charge in [-0.2, -0.15) is 0 Å². The summed E-state index contributed by atoms with van der Waals surface area (Å²) in [7, 11) is 1.82. The quantitative estimate of drug-likeness (QED) is 0.381. The molecule has 28 heavy (non-hydrogen) atoms. The Bertz CT molecular complexity index is 822. The van der Waals surface area contributed by atoms with Gasteiger partial charge in [-0.05, 0) is 41.7 Å². The highest BCUT2D eigenvalue weighted by atomic mass is 127. The molecule has 0 aliphatic carbocycles. The minimum absolute atomic E-state index is 0. The van der Waals surface area contributed by atoms with E-state index in [0.29, 0.717) is 18.7 Å². The second-order valence-electron chi connectivity index (χ2n) is 6.80. The van der Waals surface area contributed by atoms with Gasteiger partial charge >= 0.3 is 0 Å². The van der Waals surface area contributed by atoms with E-state index in [1.807, 2.05) is 38.2 Å². The minimum atomic E-state index is -0.0179. The van der Waals surface area contributed by atoms with Crippen LogP contribution in [0.2, 0.25) is 0 Å². The molecule has 0 radical (unpaired) electrons. The molecule has 0 bridgehead atoms. The Morgan fingerprint density at radius 2 is 1.89 bits per heavy atom. The zero-order valence-electron chi connectivity index (χ0n) is 16.6. The number of guanidine groups is 1. The Hall–Kier alpha value is -2.09. The molecule has 6 heteroatoms. The number of hydrogen-bond acceptors (Lipinski definition) is 2. The Morgan fingerprint density at radius 3 is 2.64 bits per heavy atom. The smallest absolute Gasteiger partial charge is 0.251 e. The number of fused-ring (bicyclic) bond motifs is 1. The molecule has 0 atom stereocenters. The molecule has 2 N–H and O–H groups in total. The summed E-state index contributed by atoms with van der Waals surface area (Å²) in [5.41, 5.74) is 4.55. The molecule has 0 spiro atoms. The van der Waals surface area contributed by atoms with Crippen molar-refractivity contribution in [2.24, 2.45) is 4.99 Å². The molecule has 0 saturated heterocycles. The number of rotatable bonds is 5. The maximum Gasteiger partial charge on any atom is 0.251 e. The number of aliphatic imine (C=N–C) groups is 1. The summed E-state index contributed by atoms with van der Waals surface area (Å²) in [6.07, 6.45) is 1.96. The van der Waals surface area contributed by atoms with E-state index in [2.05, 4.69) is 44.8 Å². The average molecular weight is 492 g/mol. The summed E-state index contributed by atoms with van der Waals surface area (Å²) >= 11 is 0. The van der Waals surface area contributed by atoms with Crippen LogP contribution in [0.5, 0.6) is 0 Å². The third-order valence-electron chi connectivity index (χ3n) is 4.82. The molecule has 2 aromatic rings. The van der Waals surface area contributed by atoms with Crippen molar-refractivity contribution in [2.75, 3.05) is 20.1 Å². The molecule has 0 unspecified atom stereocenters. The number of halogens is 1. The van der Waals surface area contributed by atoms with Gasteiger partial charge in [-0.15, -0.1) is 24.0 Å². The van der Waals surface area contributed by atoms with Gasteiger partial charge in [0.1, 0.15) is 0 Å². The fourth-order valence-electron chi connectivity index (χ4n) is 3.35. The van der Waals surface area contributed by atoms with E-state index < -0.39 is 0 Å². The second kappa shape index (κ2) is 11.0. The zero-order valence-corrected chi connectivity index (χ0v) is 18.9. The van der Waals surface area contributed by atoms with Crippen molar-refractivity contribution in [1.82, 2.24) is 15.5 Å². The molecule has 5 nitrogen and oxygen atoms in total. The first-order chi connectivity index (χ1) is 13.2. The van der Waals surface area contributed by atoms with Crippen LogP contribution in [0.25, 0.3) is 0 Å². The number of carbonyl (C=O) groups excluding carboxylic acids is 1. The van der Waals surface area contributed by atoms with Crippen molar-refractivity contribution in [1.29, 1.82) is 0 Å². The maximum absolute atomic E-state index is 12.2. The molecule has 1 aliphatic rings. The molecule has 150 valence electrons. The molecule has 1 heterocycles. The summed E-state index contributed by atoms with van der Waals surface area (Å²) in [6.45, 7) is 5.21. The first kappa shape index (κ1) is 22.2. The van der Waals surface area contributed by atoms with Crippen molar-refractivity contribution in [3.05, 3.63) is 70.8 Å². The second-order valence-corrected chi connectivity index (χ2v) is 6.80. The van der Waals surface area contributed by atoms with E-state index in [9.17, 15) is 4.79 Å². The van der Waals surface area contributed by atoms with Crippen LogP contribution in [0.1, 0.15) is 40.4 Å². The lowest BCUT2D eigenvalue weighted by molar-refractivity contribution is 0.0953. The van der Waals surface area contributed by atoms with E-state index in [-0.39, 0.29) is 29.9 Å². The third-order valence-corrected chi connectivity index (χ3v) is 4.82. The van der Waals surface area contributed by atoms with E-state index in [0.717, 1.165) is 37.5 Å². The van der Waals surface area contributed by atoms with Crippen LogP contribution in [0, 0.1) is 0 Å². The lowest BCUT2D eigenvalue weighted by atomic mass is 10.0. The van der Waals surface area contributed by atoms with Crippen LogP contribution in [0.15, 0.2) is 53.5 Å². The van der Waals surface area contributed by atoms with Crippen molar-refractivity contribution in [3.63, 3.8) is 0 Å². The van der Waals surface area contributed by atoms with Crippen molar-refractivity contribution < 1.29 is 4.79 Å². The number of benzene rings is 2. The van der Waals surface area contributed by atoms with Gasteiger partial charge < -0.3 is 15.5 Å². The van der Waals surface area contributed by atoms with Gasteiger partial charge in [0.2, 0.25) is 0 Å². The number of nitrogens with zero attached hydrogens (tertiary/aromatic N) is 2. The lowest BCUT2D eigenvalue weighted by Crippen LogP contribution is -2.43. The van der Waals surface area contributed by atoms with Gasteiger partial charge in [0.15, 0.2) is 5.96 Å². The number of hydrogen-bond donors (Lipinski definition) is 2. The van der Waals surface area contributed by atoms with Gasteiger partial charge in [0.25, 0.3) is 5.91 Å². The predicted octanol–water partition coefficient (Wildman–Crippen LogP) is 3.58. The highest BCUT2D eigenvalue weighted by Crippen LogP contribution is 2.18. The highest BCUT2D eigenvalue weighted by molar-refractivity contribution is 14.0. The van der Waals surface area contributed by atoms with Crippen LogP contribution >= 0.6 is 24.0 Å². The van der Waals surface area contributed by atoms with Gasteiger partial charge in [0.05, 0.1) is 0 Å². The fourth-order valence-corrected chi connectivity index (χ4v) is 3.35. The van der Waals surface area contributed by atoms with E-state index in [4.69, 9.17) is 0 Å².